The Labute approximate surface area is 237 Å². The summed E-state index contributed by atoms with van der Waals surface area (Å²) in [6.07, 6.45) is 1.81. The van der Waals surface area contributed by atoms with Crippen molar-refractivity contribution in [3.63, 3.8) is 0 Å². The van der Waals surface area contributed by atoms with E-state index in [1.54, 1.807) is 4.90 Å². The van der Waals surface area contributed by atoms with Crippen LogP contribution in [0.25, 0.3) is 16.9 Å². The van der Waals surface area contributed by atoms with Crippen LogP contribution in [-0.4, -0.2) is 28.5 Å². The number of halogens is 3. The predicted molar refractivity (Wildman–Crippen MR) is 156 cm³/mol. The van der Waals surface area contributed by atoms with Gasteiger partial charge in [0.1, 0.15) is 24.0 Å². The maximum Gasteiger partial charge on any atom is 0.253 e. The zero-order chi connectivity index (χ0) is 28.1. The Morgan fingerprint density at radius 2 is 1.64 bits per heavy atom. The van der Waals surface area contributed by atoms with E-state index in [-0.39, 0.29) is 18.1 Å². The Balaban J connectivity index is 1.75. The third-order valence-corrected chi connectivity index (χ3v) is 7.58. The van der Waals surface area contributed by atoms with Crippen molar-refractivity contribution in [1.82, 2.24) is 9.47 Å². The molecule has 0 radical (unpaired) electrons. The van der Waals surface area contributed by atoms with Crippen LogP contribution in [0, 0.1) is 18.6 Å². The lowest BCUT2D eigenvalue weighted by molar-refractivity contribution is 0.0773. The Bertz CT molecular complexity index is 1460. The van der Waals surface area contributed by atoms with Crippen LogP contribution in [0.4, 0.5) is 8.78 Å². The van der Waals surface area contributed by atoms with Crippen molar-refractivity contribution < 1.29 is 18.3 Å². The van der Waals surface area contributed by atoms with Gasteiger partial charge in [-0.3, -0.25) is 4.79 Å². The molecule has 7 heteroatoms. The highest BCUT2D eigenvalue weighted by Gasteiger charge is 2.19. The fraction of sp³-hybridized carbons (Fsp3) is 0.281. The molecule has 4 aromatic rings. The average Bonchev–Trinajstić information content (AvgIpc) is 3.31. The Hall–Kier alpha value is -3.45. The molecule has 1 aromatic heterocycles. The molecule has 204 valence electrons. The van der Waals surface area contributed by atoms with Gasteiger partial charge in [-0.05, 0) is 93.4 Å². The molecule has 39 heavy (non-hydrogen) atoms. The monoisotopic (exact) mass is 594 g/mol. The number of hydrogen-bond donors (Lipinski definition) is 0. The van der Waals surface area contributed by atoms with E-state index in [0.717, 1.165) is 51.6 Å². The average molecular weight is 596 g/mol. The molecule has 4 rings (SSSR count). The number of hydrogen-bond acceptors (Lipinski definition) is 2. The van der Waals surface area contributed by atoms with Crippen LogP contribution in [0.5, 0.6) is 5.75 Å². The number of amides is 1. The smallest absolute Gasteiger partial charge is 0.253 e. The SMILES string of the molecule is CCCc1cc(OCc2ccc(F)cc2F)c(-c2ccc(C)n2-c2ccc(C(=O)N(CC)CC)cc2)cc1Br. The summed E-state index contributed by atoms with van der Waals surface area (Å²) in [5.74, 6) is -0.641. The molecule has 0 atom stereocenters. The summed E-state index contributed by atoms with van der Waals surface area (Å²) in [5.41, 5.74) is 5.66. The quantitative estimate of drug-likeness (QED) is 0.184. The van der Waals surface area contributed by atoms with E-state index in [9.17, 15) is 13.6 Å². The van der Waals surface area contributed by atoms with Gasteiger partial charge >= 0.3 is 0 Å². The minimum Gasteiger partial charge on any atom is -0.488 e. The second-order valence-corrected chi connectivity index (χ2v) is 10.3. The normalized spacial score (nSPS) is 11.1. The number of ether oxygens (including phenoxy) is 1. The zero-order valence-corrected chi connectivity index (χ0v) is 24.3. The van der Waals surface area contributed by atoms with E-state index in [2.05, 4.69) is 27.4 Å². The first-order valence-corrected chi connectivity index (χ1v) is 14.0. The van der Waals surface area contributed by atoms with Crippen LogP contribution in [0.1, 0.15) is 54.4 Å². The Kier molecular flexibility index (Phi) is 9.23. The maximum absolute atomic E-state index is 14.4. The second-order valence-electron chi connectivity index (χ2n) is 9.43. The molecule has 0 saturated heterocycles. The number of aryl methyl sites for hydroxylation is 2. The standard InChI is InChI=1S/C32H33BrF2N2O2/c1-5-8-23-17-31(39-20-24-10-13-25(34)18-29(24)35)27(19-28(23)33)30-16-9-21(4)37(30)26-14-11-22(12-15-26)32(38)36(6-2)7-3/h9-19H,5-8,20H2,1-4H3. The molecule has 0 spiro atoms. The molecule has 0 N–H and O–H groups in total. The summed E-state index contributed by atoms with van der Waals surface area (Å²) in [5, 5.41) is 0. The highest BCUT2D eigenvalue weighted by molar-refractivity contribution is 9.10. The van der Waals surface area contributed by atoms with Crippen molar-refractivity contribution in [2.24, 2.45) is 0 Å². The van der Waals surface area contributed by atoms with Gasteiger partial charge in [-0.15, -0.1) is 0 Å². The molecule has 3 aromatic carbocycles. The van der Waals surface area contributed by atoms with Crippen molar-refractivity contribution in [1.29, 1.82) is 0 Å². The van der Waals surface area contributed by atoms with Gasteiger partial charge in [-0.2, -0.15) is 0 Å². The molecule has 0 aliphatic carbocycles. The molecular weight excluding hydrogens is 562 g/mol. The van der Waals surface area contributed by atoms with Gasteiger partial charge in [-0.1, -0.05) is 29.3 Å². The van der Waals surface area contributed by atoms with Crippen LogP contribution < -0.4 is 4.74 Å². The number of carbonyl (C=O) groups is 1. The zero-order valence-electron chi connectivity index (χ0n) is 22.7. The van der Waals surface area contributed by atoms with E-state index >= 15 is 0 Å². The van der Waals surface area contributed by atoms with E-state index in [0.29, 0.717) is 24.4 Å². The van der Waals surface area contributed by atoms with E-state index in [1.807, 2.05) is 69.3 Å². The first kappa shape index (κ1) is 28.6. The van der Waals surface area contributed by atoms with Gasteiger partial charge in [0.2, 0.25) is 0 Å². The van der Waals surface area contributed by atoms with Crippen LogP contribution in [-0.2, 0) is 13.0 Å². The molecule has 1 heterocycles. The maximum atomic E-state index is 14.4. The number of nitrogens with zero attached hydrogens (tertiary/aromatic N) is 2. The number of carbonyl (C=O) groups excluding carboxylic acids is 1. The minimum atomic E-state index is -0.638. The largest absolute Gasteiger partial charge is 0.488 e. The van der Waals surface area contributed by atoms with Crippen LogP contribution in [0.15, 0.2) is 71.2 Å². The molecule has 0 aliphatic rings. The molecular formula is C32H33BrF2N2O2. The van der Waals surface area contributed by atoms with Crippen LogP contribution >= 0.6 is 15.9 Å². The molecule has 0 unspecified atom stereocenters. The van der Waals surface area contributed by atoms with Gasteiger partial charge in [0.25, 0.3) is 5.91 Å². The lowest BCUT2D eigenvalue weighted by Crippen LogP contribution is -2.30. The Morgan fingerprint density at radius 1 is 0.923 bits per heavy atom. The topological polar surface area (TPSA) is 34.5 Å². The van der Waals surface area contributed by atoms with Crippen molar-refractivity contribution in [2.45, 2.75) is 47.1 Å². The lowest BCUT2D eigenvalue weighted by Gasteiger charge is -2.20. The first-order chi connectivity index (χ1) is 18.8. The third kappa shape index (κ3) is 6.25. The highest BCUT2D eigenvalue weighted by atomic mass is 79.9. The van der Waals surface area contributed by atoms with Crippen molar-refractivity contribution in [2.75, 3.05) is 13.1 Å². The van der Waals surface area contributed by atoms with E-state index in [4.69, 9.17) is 4.74 Å². The second kappa shape index (κ2) is 12.6. The van der Waals surface area contributed by atoms with Crippen molar-refractivity contribution in [3.05, 3.63) is 105 Å². The van der Waals surface area contributed by atoms with Gasteiger partial charge in [-0.25, -0.2) is 8.78 Å². The first-order valence-electron chi connectivity index (χ1n) is 13.2. The lowest BCUT2D eigenvalue weighted by atomic mass is 10.0. The predicted octanol–water partition coefficient (Wildman–Crippen LogP) is 8.51. The van der Waals surface area contributed by atoms with Gasteiger partial charge in [0, 0.05) is 51.7 Å². The van der Waals surface area contributed by atoms with Crippen LogP contribution in [0.2, 0.25) is 0 Å². The molecule has 4 nitrogen and oxygen atoms in total. The third-order valence-electron chi connectivity index (χ3n) is 6.84. The summed E-state index contributed by atoms with van der Waals surface area (Å²) >= 11 is 3.73. The van der Waals surface area contributed by atoms with E-state index in [1.165, 1.54) is 12.1 Å². The highest BCUT2D eigenvalue weighted by Crippen LogP contribution is 2.38. The Morgan fingerprint density at radius 3 is 2.28 bits per heavy atom. The summed E-state index contributed by atoms with van der Waals surface area (Å²) in [6.45, 7) is 9.36. The summed E-state index contributed by atoms with van der Waals surface area (Å²) in [6, 6.07) is 19.2. The number of aromatic nitrogens is 1. The minimum absolute atomic E-state index is 0.00940. The van der Waals surface area contributed by atoms with Gasteiger partial charge in [0.15, 0.2) is 0 Å². The molecule has 1 amide bonds. The molecule has 0 fully saturated rings. The number of rotatable bonds is 10. The van der Waals surface area contributed by atoms with Crippen LogP contribution in [0.3, 0.4) is 0 Å². The van der Waals surface area contributed by atoms with Gasteiger partial charge in [0.05, 0.1) is 5.69 Å². The van der Waals surface area contributed by atoms with E-state index < -0.39 is 11.6 Å². The fourth-order valence-electron chi connectivity index (χ4n) is 4.71. The molecule has 0 aliphatic heterocycles. The summed E-state index contributed by atoms with van der Waals surface area (Å²) in [4.78, 5) is 14.6. The molecule has 0 bridgehead atoms. The van der Waals surface area contributed by atoms with Gasteiger partial charge < -0.3 is 14.2 Å². The summed E-state index contributed by atoms with van der Waals surface area (Å²) < 4.78 is 37.0. The van der Waals surface area contributed by atoms with Crippen molar-refractivity contribution >= 4 is 21.8 Å². The molecule has 0 saturated carbocycles. The van der Waals surface area contributed by atoms with Crippen molar-refractivity contribution in [3.8, 4) is 22.7 Å². The number of benzene rings is 3. The summed E-state index contributed by atoms with van der Waals surface area (Å²) in [7, 11) is 0. The fourth-order valence-corrected chi connectivity index (χ4v) is 5.25.